The molecule has 2 nitrogen and oxygen atoms in total. The number of likely N-dealkylation sites (tertiary alicyclic amines) is 1. The number of nitrogens with one attached hydrogen (secondary N) is 1. The van der Waals surface area contributed by atoms with E-state index < -0.39 is 0 Å². The van der Waals surface area contributed by atoms with Crippen molar-refractivity contribution in [1.29, 1.82) is 0 Å². The number of H-pyrrole nitrogens is 1. The lowest BCUT2D eigenvalue weighted by molar-refractivity contribution is 0.297. The maximum atomic E-state index is 13.5. The number of nitrogens with zero attached hydrogens (tertiary/aromatic N) is 1. The van der Waals surface area contributed by atoms with E-state index in [1.54, 1.807) is 6.07 Å². The van der Waals surface area contributed by atoms with E-state index >= 15 is 0 Å². The number of fused-ring (bicyclic) bond motifs is 1. The molecule has 5 unspecified atom stereocenters. The highest BCUT2D eigenvalue weighted by Crippen LogP contribution is 2.65. The first kappa shape index (κ1) is 13.5. The van der Waals surface area contributed by atoms with E-state index in [2.05, 4.69) is 44.6 Å². The fourth-order valence-electron chi connectivity index (χ4n) is 4.89. The Morgan fingerprint density at radius 1 is 1.41 bits per heavy atom. The second-order valence-corrected chi connectivity index (χ2v) is 7.78. The van der Waals surface area contributed by atoms with E-state index in [0.29, 0.717) is 5.54 Å². The summed E-state index contributed by atoms with van der Waals surface area (Å²) < 4.78 is 14.7. The molecule has 22 heavy (non-hydrogen) atoms. The van der Waals surface area contributed by atoms with Crippen LogP contribution in [0.3, 0.4) is 0 Å². The summed E-state index contributed by atoms with van der Waals surface area (Å²) in [4.78, 5) is 5.94. The number of halogens is 2. The molecule has 114 valence electrons. The topological polar surface area (TPSA) is 18.8 Å². The van der Waals surface area contributed by atoms with E-state index in [4.69, 9.17) is 0 Å². The zero-order chi connectivity index (χ0) is 14.9. The summed E-state index contributed by atoms with van der Waals surface area (Å²) in [5, 5.41) is 1.04. The number of aromatic nitrogens is 1. The monoisotopic (exact) mass is 408 g/mol. The molecule has 3 aliphatic rings. The van der Waals surface area contributed by atoms with E-state index in [1.807, 2.05) is 12.3 Å². The van der Waals surface area contributed by atoms with Crippen LogP contribution in [0.4, 0.5) is 4.39 Å². The fourth-order valence-corrected chi connectivity index (χ4v) is 5.73. The Morgan fingerprint density at radius 2 is 2.32 bits per heavy atom. The van der Waals surface area contributed by atoms with E-state index in [-0.39, 0.29) is 5.82 Å². The minimum atomic E-state index is -0.150. The van der Waals surface area contributed by atoms with Crippen LogP contribution in [-0.2, 0) is 6.42 Å². The van der Waals surface area contributed by atoms with Gasteiger partial charge in [-0.3, -0.25) is 4.90 Å². The van der Waals surface area contributed by atoms with E-state index in [1.165, 1.54) is 22.5 Å². The fraction of sp³-hybridized carbons (Fsp3) is 0.444. The molecule has 2 heterocycles. The van der Waals surface area contributed by atoms with Gasteiger partial charge >= 0.3 is 0 Å². The summed E-state index contributed by atoms with van der Waals surface area (Å²) >= 11 is 2.54. The Hall–Kier alpha value is -0.880. The van der Waals surface area contributed by atoms with Gasteiger partial charge in [0.2, 0.25) is 0 Å². The Balaban J connectivity index is 1.36. The van der Waals surface area contributed by atoms with Gasteiger partial charge < -0.3 is 4.98 Å². The third kappa shape index (κ3) is 1.63. The van der Waals surface area contributed by atoms with Crippen molar-refractivity contribution in [2.45, 2.75) is 24.4 Å². The minimum absolute atomic E-state index is 0.150. The number of rotatable bonds is 4. The van der Waals surface area contributed by atoms with Gasteiger partial charge in [-0.05, 0) is 42.5 Å². The maximum absolute atomic E-state index is 13.5. The molecule has 2 aromatic rings. The predicted molar refractivity (Wildman–Crippen MR) is 94.8 cm³/mol. The highest BCUT2D eigenvalue weighted by molar-refractivity contribution is 14.1. The van der Waals surface area contributed by atoms with Crippen LogP contribution in [0.15, 0.2) is 36.5 Å². The molecule has 1 saturated heterocycles. The third-order valence-corrected chi connectivity index (χ3v) is 7.11. The molecule has 2 fully saturated rings. The second kappa shape index (κ2) is 4.57. The van der Waals surface area contributed by atoms with Crippen molar-refractivity contribution in [3.63, 3.8) is 0 Å². The molecule has 1 aromatic heterocycles. The molecule has 1 aromatic carbocycles. The summed E-state index contributed by atoms with van der Waals surface area (Å²) in [6, 6.07) is 5.77. The standard InChI is InChI=1S/C18H18FIN2/c19-14-1-2-16-15(8-14)11(10-21-16)4-6-22-17-12(9-20)7-13-3-5-18(13,17)22/h1-3,5,8,10,12-13,17,21H,4,6-7,9H2. The first-order valence-electron chi connectivity index (χ1n) is 8.01. The van der Waals surface area contributed by atoms with Crippen LogP contribution in [0.25, 0.3) is 10.9 Å². The van der Waals surface area contributed by atoms with Crippen molar-refractivity contribution in [3.05, 3.63) is 47.9 Å². The van der Waals surface area contributed by atoms with E-state index in [0.717, 1.165) is 41.7 Å². The van der Waals surface area contributed by atoms with Crippen LogP contribution in [0.2, 0.25) is 0 Å². The number of alkyl halides is 1. The van der Waals surface area contributed by atoms with Gasteiger partial charge in [-0.25, -0.2) is 4.39 Å². The van der Waals surface area contributed by atoms with Gasteiger partial charge in [-0.1, -0.05) is 34.7 Å². The number of hydrogen-bond donors (Lipinski definition) is 1. The summed E-state index contributed by atoms with van der Waals surface area (Å²) in [6.45, 7) is 1.09. The average molecular weight is 408 g/mol. The lowest BCUT2D eigenvalue weighted by Gasteiger charge is -2.29. The van der Waals surface area contributed by atoms with Crippen LogP contribution in [0.1, 0.15) is 12.0 Å². The minimum Gasteiger partial charge on any atom is -0.361 e. The van der Waals surface area contributed by atoms with Gasteiger partial charge in [0.05, 0.1) is 5.54 Å². The van der Waals surface area contributed by atoms with Crippen molar-refractivity contribution in [2.75, 3.05) is 11.0 Å². The molecule has 0 radical (unpaired) electrons. The van der Waals surface area contributed by atoms with Crippen LogP contribution in [0, 0.1) is 17.7 Å². The molecule has 0 bridgehead atoms. The molecular formula is C18H18FIN2. The number of benzene rings is 1. The van der Waals surface area contributed by atoms with Gasteiger partial charge in [0.25, 0.3) is 0 Å². The molecular weight excluding hydrogens is 390 g/mol. The highest BCUT2D eigenvalue weighted by Gasteiger charge is 2.73. The molecule has 5 rings (SSSR count). The summed E-state index contributed by atoms with van der Waals surface area (Å²) in [6.07, 6.45) is 9.25. The third-order valence-electron chi connectivity index (χ3n) is 5.98. The quantitative estimate of drug-likeness (QED) is 0.352. The van der Waals surface area contributed by atoms with Gasteiger partial charge in [0, 0.05) is 40.0 Å². The normalized spacial score (nSPS) is 37.9. The Bertz CT molecular complexity index is 782. The first-order valence-corrected chi connectivity index (χ1v) is 9.54. The highest BCUT2D eigenvalue weighted by atomic mass is 127. The Morgan fingerprint density at radius 3 is 3.09 bits per heavy atom. The van der Waals surface area contributed by atoms with Crippen molar-refractivity contribution in [3.8, 4) is 0 Å². The van der Waals surface area contributed by atoms with Gasteiger partial charge in [0.15, 0.2) is 0 Å². The summed E-state index contributed by atoms with van der Waals surface area (Å²) in [5.41, 5.74) is 2.68. The lowest BCUT2D eigenvalue weighted by Crippen LogP contribution is -2.32. The second-order valence-electron chi connectivity index (χ2n) is 6.90. The number of piperidine rings is 1. The smallest absolute Gasteiger partial charge is 0.123 e. The van der Waals surface area contributed by atoms with Crippen molar-refractivity contribution < 1.29 is 4.39 Å². The van der Waals surface area contributed by atoms with Gasteiger partial charge in [0.1, 0.15) is 5.82 Å². The Kier molecular flexibility index (Phi) is 2.81. The lowest BCUT2D eigenvalue weighted by atomic mass is 9.83. The summed E-state index contributed by atoms with van der Waals surface area (Å²) in [7, 11) is 0. The molecule has 0 amide bonds. The molecule has 1 spiro atoms. The molecule has 5 atom stereocenters. The van der Waals surface area contributed by atoms with Crippen molar-refractivity contribution in [1.82, 2.24) is 9.88 Å². The first-order chi connectivity index (χ1) is 10.7. The zero-order valence-corrected chi connectivity index (χ0v) is 14.4. The predicted octanol–water partition coefficient (Wildman–Crippen LogP) is 3.91. The van der Waals surface area contributed by atoms with Crippen LogP contribution < -0.4 is 0 Å². The van der Waals surface area contributed by atoms with Crippen LogP contribution in [0.5, 0.6) is 0 Å². The molecule has 2 aliphatic carbocycles. The average Bonchev–Trinajstić information content (AvgIpc) is 2.94. The molecule has 1 N–H and O–H groups in total. The van der Waals surface area contributed by atoms with Gasteiger partial charge in [-0.2, -0.15) is 0 Å². The Labute approximate surface area is 142 Å². The zero-order valence-electron chi connectivity index (χ0n) is 12.2. The van der Waals surface area contributed by atoms with Crippen molar-refractivity contribution in [2.24, 2.45) is 11.8 Å². The molecule has 1 saturated carbocycles. The van der Waals surface area contributed by atoms with Crippen LogP contribution in [-0.4, -0.2) is 32.4 Å². The summed E-state index contributed by atoms with van der Waals surface area (Å²) in [5.74, 6) is 1.49. The largest absolute Gasteiger partial charge is 0.361 e. The number of aromatic amines is 1. The van der Waals surface area contributed by atoms with Crippen molar-refractivity contribution >= 4 is 33.5 Å². The SMILES string of the molecule is Fc1ccc2[nH]cc(CCN3C4C(CI)CC5C=CC543)c2c1. The number of hydrogen-bond acceptors (Lipinski definition) is 1. The van der Waals surface area contributed by atoms with Gasteiger partial charge in [-0.15, -0.1) is 0 Å². The molecule has 4 heteroatoms. The maximum Gasteiger partial charge on any atom is 0.123 e. The van der Waals surface area contributed by atoms with Crippen LogP contribution >= 0.6 is 22.6 Å². The molecule has 1 aliphatic heterocycles. The van der Waals surface area contributed by atoms with E-state index in [9.17, 15) is 4.39 Å².